The van der Waals surface area contributed by atoms with Gasteiger partial charge < -0.3 is 5.32 Å². The van der Waals surface area contributed by atoms with Gasteiger partial charge >= 0.3 is 0 Å². The first-order valence-electron chi connectivity index (χ1n) is 6.52. The average Bonchev–Trinajstić information content (AvgIpc) is 2.44. The Bertz CT molecular complexity index is 616. The molecule has 110 valence electrons. The predicted octanol–water partition coefficient (Wildman–Crippen LogP) is 4.17. The van der Waals surface area contributed by atoms with E-state index in [1.165, 1.54) is 0 Å². The number of nitrogens with one attached hydrogen (secondary N) is 1. The fraction of sp³-hybridized carbons (Fsp3) is 0.188. The monoisotopic (exact) mass is 366 g/mol. The minimum atomic E-state index is -0.0492. The zero-order valence-electron chi connectivity index (χ0n) is 11.6. The van der Waals surface area contributed by atoms with Crippen molar-refractivity contribution in [3.63, 3.8) is 0 Å². The Morgan fingerprint density at radius 3 is 2.52 bits per heavy atom. The maximum atomic E-state index is 12.0. The SMILES string of the molecule is CN(CC(=O)Nc1ccc(Cl)cc1)Cc1ccccc1Br. The summed E-state index contributed by atoms with van der Waals surface area (Å²) >= 11 is 9.32. The van der Waals surface area contributed by atoms with E-state index >= 15 is 0 Å². The minimum Gasteiger partial charge on any atom is -0.325 e. The van der Waals surface area contributed by atoms with Crippen LogP contribution in [0.3, 0.4) is 0 Å². The van der Waals surface area contributed by atoms with E-state index in [9.17, 15) is 4.79 Å². The summed E-state index contributed by atoms with van der Waals surface area (Å²) in [4.78, 5) is 13.9. The Hall–Kier alpha value is -1.36. The van der Waals surface area contributed by atoms with E-state index in [0.29, 0.717) is 18.1 Å². The van der Waals surface area contributed by atoms with E-state index in [4.69, 9.17) is 11.6 Å². The van der Waals surface area contributed by atoms with Gasteiger partial charge in [0.1, 0.15) is 0 Å². The minimum absolute atomic E-state index is 0.0492. The standard InChI is InChI=1S/C16H16BrClN2O/c1-20(10-12-4-2-3-5-15(12)17)11-16(21)19-14-8-6-13(18)7-9-14/h2-9H,10-11H2,1H3,(H,19,21). The number of halogens is 2. The lowest BCUT2D eigenvalue weighted by Gasteiger charge is -2.17. The topological polar surface area (TPSA) is 32.3 Å². The molecule has 0 radical (unpaired) electrons. The molecule has 1 amide bonds. The van der Waals surface area contributed by atoms with Gasteiger partial charge in [-0.2, -0.15) is 0 Å². The smallest absolute Gasteiger partial charge is 0.238 e. The van der Waals surface area contributed by atoms with Crippen LogP contribution >= 0.6 is 27.5 Å². The van der Waals surface area contributed by atoms with Crippen molar-refractivity contribution >= 4 is 39.1 Å². The summed E-state index contributed by atoms with van der Waals surface area (Å²) in [5.74, 6) is -0.0492. The van der Waals surface area contributed by atoms with Gasteiger partial charge in [-0.1, -0.05) is 45.7 Å². The second-order valence-corrected chi connectivity index (χ2v) is 6.11. The largest absolute Gasteiger partial charge is 0.325 e. The lowest BCUT2D eigenvalue weighted by molar-refractivity contribution is -0.117. The summed E-state index contributed by atoms with van der Waals surface area (Å²) in [6.07, 6.45) is 0. The molecule has 0 aliphatic heterocycles. The Morgan fingerprint density at radius 2 is 1.86 bits per heavy atom. The number of nitrogens with zero attached hydrogens (tertiary/aromatic N) is 1. The zero-order chi connectivity index (χ0) is 15.2. The molecule has 21 heavy (non-hydrogen) atoms. The molecule has 1 N–H and O–H groups in total. The molecule has 0 aliphatic rings. The van der Waals surface area contributed by atoms with Gasteiger partial charge in [0.2, 0.25) is 5.91 Å². The van der Waals surface area contributed by atoms with Crippen LogP contribution in [-0.4, -0.2) is 24.4 Å². The van der Waals surface area contributed by atoms with Crippen LogP contribution < -0.4 is 5.32 Å². The fourth-order valence-corrected chi connectivity index (χ4v) is 2.49. The first-order chi connectivity index (χ1) is 10.0. The van der Waals surface area contributed by atoms with Crippen LogP contribution in [0, 0.1) is 0 Å². The number of anilines is 1. The lowest BCUT2D eigenvalue weighted by atomic mass is 10.2. The number of rotatable bonds is 5. The summed E-state index contributed by atoms with van der Waals surface area (Å²) in [7, 11) is 1.92. The molecule has 0 bridgehead atoms. The first kappa shape index (κ1) is 16.0. The highest BCUT2D eigenvalue weighted by Crippen LogP contribution is 2.17. The van der Waals surface area contributed by atoms with E-state index < -0.39 is 0 Å². The molecule has 2 aromatic rings. The summed E-state index contributed by atoms with van der Waals surface area (Å²) in [6, 6.07) is 15.1. The number of carbonyl (C=O) groups is 1. The van der Waals surface area contributed by atoms with Crippen LogP contribution in [0.25, 0.3) is 0 Å². The van der Waals surface area contributed by atoms with Gasteiger partial charge in [-0.25, -0.2) is 0 Å². The van der Waals surface area contributed by atoms with Crippen molar-refractivity contribution in [2.45, 2.75) is 6.54 Å². The number of hydrogen-bond acceptors (Lipinski definition) is 2. The number of likely N-dealkylation sites (N-methyl/N-ethyl adjacent to an activating group) is 1. The molecule has 2 aromatic carbocycles. The van der Waals surface area contributed by atoms with E-state index in [1.54, 1.807) is 24.3 Å². The Balaban J connectivity index is 1.87. The molecule has 0 atom stereocenters. The molecule has 0 saturated heterocycles. The van der Waals surface area contributed by atoms with Gasteiger partial charge in [0, 0.05) is 21.7 Å². The highest BCUT2D eigenvalue weighted by Gasteiger charge is 2.09. The highest BCUT2D eigenvalue weighted by molar-refractivity contribution is 9.10. The van der Waals surface area contributed by atoms with E-state index in [1.807, 2.05) is 36.2 Å². The summed E-state index contributed by atoms with van der Waals surface area (Å²) in [6.45, 7) is 1.03. The highest BCUT2D eigenvalue weighted by atomic mass is 79.9. The van der Waals surface area contributed by atoms with Gasteiger partial charge in [0.25, 0.3) is 0 Å². The molecule has 0 fully saturated rings. The Kier molecular flexibility index (Phi) is 5.79. The van der Waals surface area contributed by atoms with Crippen LogP contribution in [0.15, 0.2) is 53.0 Å². The van der Waals surface area contributed by atoms with Crippen molar-refractivity contribution in [3.8, 4) is 0 Å². The Labute approximate surface area is 138 Å². The van der Waals surface area contributed by atoms with Gasteiger partial charge in [-0.3, -0.25) is 9.69 Å². The Morgan fingerprint density at radius 1 is 1.19 bits per heavy atom. The van der Waals surface area contributed by atoms with E-state index in [2.05, 4.69) is 21.2 Å². The van der Waals surface area contributed by atoms with Crippen LogP contribution in [0.1, 0.15) is 5.56 Å². The molecule has 5 heteroatoms. The van der Waals surface area contributed by atoms with Crippen LogP contribution in [0.2, 0.25) is 5.02 Å². The van der Waals surface area contributed by atoms with Crippen LogP contribution in [0.5, 0.6) is 0 Å². The van der Waals surface area contributed by atoms with Gasteiger partial charge in [-0.05, 0) is 42.9 Å². The van der Waals surface area contributed by atoms with E-state index in [0.717, 1.165) is 15.7 Å². The molecule has 0 saturated carbocycles. The number of hydrogen-bond donors (Lipinski definition) is 1. The summed E-state index contributed by atoms with van der Waals surface area (Å²) in [5.41, 5.74) is 1.90. The van der Waals surface area contributed by atoms with Crippen molar-refractivity contribution in [3.05, 3.63) is 63.6 Å². The van der Waals surface area contributed by atoms with Gasteiger partial charge in [0.05, 0.1) is 6.54 Å². The number of benzene rings is 2. The molecule has 0 aliphatic carbocycles. The van der Waals surface area contributed by atoms with Gasteiger partial charge in [0.15, 0.2) is 0 Å². The van der Waals surface area contributed by atoms with Crippen molar-refractivity contribution in [2.24, 2.45) is 0 Å². The summed E-state index contributed by atoms with van der Waals surface area (Å²) < 4.78 is 1.05. The molecule has 2 rings (SSSR count). The molecule has 0 heterocycles. The fourth-order valence-electron chi connectivity index (χ4n) is 1.95. The summed E-state index contributed by atoms with van der Waals surface area (Å²) in [5, 5.41) is 3.50. The van der Waals surface area contributed by atoms with Crippen LogP contribution in [0.4, 0.5) is 5.69 Å². The molecule has 0 spiro atoms. The molecular formula is C16H16BrClN2O. The van der Waals surface area contributed by atoms with Crippen molar-refractivity contribution < 1.29 is 4.79 Å². The van der Waals surface area contributed by atoms with Crippen LogP contribution in [-0.2, 0) is 11.3 Å². The molecular weight excluding hydrogens is 352 g/mol. The van der Waals surface area contributed by atoms with Crippen molar-refractivity contribution in [1.29, 1.82) is 0 Å². The number of amides is 1. The quantitative estimate of drug-likeness (QED) is 0.860. The first-order valence-corrected chi connectivity index (χ1v) is 7.69. The zero-order valence-corrected chi connectivity index (χ0v) is 14.0. The van der Waals surface area contributed by atoms with Gasteiger partial charge in [-0.15, -0.1) is 0 Å². The third-order valence-electron chi connectivity index (χ3n) is 2.94. The third-order valence-corrected chi connectivity index (χ3v) is 3.97. The second-order valence-electron chi connectivity index (χ2n) is 4.82. The molecule has 0 unspecified atom stereocenters. The lowest BCUT2D eigenvalue weighted by Crippen LogP contribution is -2.29. The maximum absolute atomic E-state index is 12.0. The third kappa shape index (κ3) is 5.16. The number of carbonyl (C=O) groups excluding carboxylic acids is 1. The molecule has 3 nitrogen and oxygen atoms in total. The van der Waals surface area contributed by atoms with Crippen molar-refractivity contribution in [1.82, 2.24) is 4.90 Å². The maximum Gasteiger partial charge on any atom is 0.238 e. The second kappa shape index (κ2) is 7.59. The van der Waals surface area contributed by atoms with Crippen molar-refractivity contribution in [2.75, 3.05) is 18.9 Å². The van der Waals surface area contributed by atoms with E-state index in [-0.39, 0.29) is 5.91 Å². The normalized spacial score (nSPS) is 10.7. The predicted molar refractivity (Wildman–Crippen MR) is 90.6 cm³/mol. The molecule has 0 aromatic heterocycles. The average molecular weight is 368 g/mol.